The highest BCUT2D eigenvalue weighted by Gasteiger charge is 2.33. The first-order valence-electron chi connectivity index (χ1n) is 10.5. The van der Waals surface area contributed by atoms with Crippen LogP contribution >= 0.6 is 0 Å². The Hall–Kier alpha value is -2.84. The number of amides is 1. The predicted octanol–water partition coefficient (Wildman–Crippen LogP) is 5.28. The number of anilines is 2. The van der Waals surface area contributed by atoms with Crippen LogP contribution in [0.2, 0.25) is 0 Å². The lowest BCUT2D eigenvalue weighted by atomic mass is 9.88. The van der Waals surface area contributed by atoms with E-state index in [4.69, 9.17) is 5.73 Å². The number of hydrogen-bond acceptors (Lipinski definition) is 4. The second kappa shape index (κ2) is 8.96. The Morgan fingerprint density at radius 2 is 1.88 bits per heavy atom. The Balaban J connectivity index is 1.87. The summed E-state index contributed by atoms with van der Waals surface area (Å²) >= 11 is 0. The van der Waals surface area contributed by atoms with Gasteiger partial charge in [0.2, 0.25) is 5.91 Å². The van der Waals surface area contributed by atoms with Crippen LogP contribution in [0.5, 0.6) is 0 Å². The maximum absolute atomic E-state index is 15.4. The number of primary amides is 1. The summed E-state index contributed by atoms with van der Waals surface area (Å²) in [5.41, 5.74) is 5.36. The molecule has 1 aliphatic heterocycles. The number of rotatable bonds is 6. The summed E-state index contributed by atoms with van der Waals surface area (Å²) in [4.78, 5) is 17.9. The Bertz CT molecular complexity index is 954. The van der Waals surface area contributed by atoms with E-state index in [0.717, 1.165) is 18.6 Å². The molecule has 1 aliphatic rings. The molecule has 1 fully saturated rings. The normalized spacial score (nSPS) is 18.0. The van der Waals surface area contributed by atoms with Crippen molar-refractivity contribution < 1.29 is 22.4 Å². The number of nitrogens with two attached hydrogens (primary N) is 1. The maximum Gasteiger partial charge on any atom is 0.416 e. The van der Waals surface area contributed by atoms with Crippen LogP contribution < -0.4 is 16.0 Å². The highest BCUT2D eigenvalue weighted by atomic mass is 19.4. The van der Waals surface area contributed by atoms with E-state index in [1.165, 1.54) is 24.4 Å². The molecule has 0 spiro atoms. The topological polar surface area (TPSA) is 71.2 Å². The third-order valence-corrected chi connectivity index (χ3v) is 5.51. The summed E-state index contributed by atoms with van der Waals surface area (Å²) in [5, 5.41) is 2.90. The number of nitrogens with one attached hydrogen (secondary N) is 1. The highest BCUT2D eigenvalue weighted by Crippen LogP contribution is 2.39. The van der Waals surface area contributed by atoms with E-state index in [2.05, 4.69) is 10.3 Å². The summed E-state index contributed by atoms with van der Waals surface area (Å²) in [6, 6.07) is 5.33. The lowest BCUT2D eigenvalue weighted by Crippen LogP contribution is -2.38. The van der Waals surface area contributed by atoms with Gasteiger partial charge in [-0.1, -0.05) is 32.9 Å². The van der Waals surface area contributed by atoms with Gasteiger partial charge in [0.1, 0.15) is 6.04 Å². The number of pyridine rings is 1. The molecule has 0 aliphatic carbocycles. The highest BCUT2D eigenvalue weighted by molar-refractivity contribution is 5.83. The van der Waals surface area contributed by atoms with Crippen LogP contribution in [0.1, 0.15) is 57.2 Å². The van der Waals surface area contributed by atoms with Gasteiger partial charge in [-0.05, 0) is 48.4 Å². The van der Waals surface area contributed by atoms with Gasteiger partial charge in [-0.15, -0.1) is 0 Å². The zero-order valence-electron chi connectivity index (χ0n) is 18.3. The van der Waals surface area contributed by atoms with Gasteiger partial charge < -0.3 is 16.0 Å². The first-order chi connectivity index (χ1) is 14.9. The molecule has 1 aromatic carbocycles. The molecule has 1 amide bonds. The number of nitrogens with zero attached hydrogens (tertiary/aromatic N) is 2. The number of hydrogen-bond donors (Lipinski definition) is 2. The van der Waals surface area contributed by atoms with Crippen LogP contribution in [-0.4, -0.2) is 23.5 Å². The molecule has 174 valence electrons. The standard InChI is InChI=1S/C23H28F4N4O/c1-22(2,3)13-17(20(28)32)30-16-10-11-29-21(19(16)24)31-12-4-5-18(31)14-6-8-15(9-7-14)23(25,26)27/h6-11,17-18H,4-5,12-13H2,1-3H3,(H2,28,32)(H,29,30). The average Bonchev–Trinajstić information content (AvgIpc) is 3.17. The van der Waals surface area contributed by atoms with Crippen LogP contribution in [0.3, 0.4) is 0 Å². The summed E-state index contributed by atoms with van der Waals surface area (Å²) in [6.45, 7) is 6.38. The number of halogens is 4. The Labute approximate surface area is 185 Å². The van der Waals surface area contributed by atoms with E-state index in [-0.39, 0.29) is 23.0 Å². The van der Waals surface area contributed by atoms with Crippen molar-refractivity contribution in [1.29, 1.82) is 0 Å². The number of benzene rings is 1. The fraction of sp³-hybridized carbons (Fsp3) is 0.478. The first kappa shape index (κ1) is 23.8. The number of aromatic nitrogens is 1. The smallest absolute Gasteiger partial charge is 0.371 e. The predicted molar refractivity (Wildman–Crippen MR) is 116 cm³/mol. The van der Waals surface area contributed by atoms with E-state index in [9.17, 15) is 18.0 Å². The summed E-state index contributed by atoms with van der Waals surface area (Å²) in [7, 11) is 0. The quantitative estimate of drug-likeness (QED) is 0.585. The number of carbonyl (C=O) groups excluding carboxylic acids is 1. The number of alkyl halides is 3. The second-order valence-corrected chi connectivity index (χ2v) is 9.33. The van der Waals surface area contributed by atoms with Crippen molar-refractivity contribution in [2.45, 2.75) is 58.3 Å². The minimum absolute atomic E-state index is 0.0939. The van der Waals surface area contributed by atoms with Gasteiger partial charge >= 0.3 is 6.18 Å². The van der Waals surface area contributed by atoms with Gasteiger partial charge in [-0.2, -0.15) is 13.2 Å². The molecular weight excluding hydrogens is 424 g/mol. The Kier molecular flexibility index (Phi) is 6.67. The van der Waals surface area contributed by atoms with E-state index < -0.39 is 29.5 Å². The summed E-state index contributed by atoms with van der Waals surface area (Å²) in [6.07, 6.45) is -1.14. The van der Waals surface area contributed by atoms with Gasteiger partial charge in [0, 0.05) is 12.7 Å². The largest absolute Gasteiger partial charge is 0.416 e. The molecule has 3 rings (SSSR count). The molecule has 1 aromatic heterocycles. The van der Waals surface area contributed by atoms with Crippen LogP contribution in [0.15, 0.2) is 36.5 Å². The van der Waals surface area contributed by atoms with Crippen LogP contribution in [-0.2, 0) is 11.0 Å². The molecule has 2 unspecified atom stereocenters. The van der Waals surface area contributed by atoms with Crippen molar-refractivity contribution in [2.24, 2.45) is 11.1 Å². The Morgan fingerprint density at radius 3 is 2.44 bits per heavy atom. The molecule has 5 nitrogen and oxygen atoms in total. The third-order valence-electron chi connectivity index (χ3n) is 5.51. The van der Waals surface area contributed by atoms with Crippen molar-refractivity contribution in [1.82, 2.24) is 4.98 Å². The van der Waals surface area contributed by atoms with Gasteiger partial charge in [-0.3, -0.25) is 4.79 Å². The zero-order valence-corrected chi connectivity index (χ0v) is 18.3. The summed E-state index contributed by atoms with van der Waals surface area (Å²) in [5.74, 6) is -1.11. The second-order valence-electron chi connectivity index (χ2n) is 9.33. The van der Waals surface area contributed by atoms with E-state index >= 15 is 4.39 Å². The molecule has 9 heteroatoms. The van der Waals surface area contributed by atoms with Crippen molar-refractivity contribution in [3.8, 4) is 0 Å². The van der Waals surface area contributed by atoms with Gasteiger partial charge in [0.15, 0.2) is 11.6 Å². The maximum atomic E-state index is 15.4. The fourth-order valence-corrected chi connectivity index (χ4v) is 4.03. The molecule has 0 saturated carbocycles. The van der Waals surface area contributed by atoms with Crippen molar-refractivity contribution in [3.63, 3.8) is 0 Å². The van der Waals surface area contributed by atoms with Crippen molar-refractivity contribution >= 4 is 17.4 Å². The molecule has 1 saturated heterocycles. The van der Waals surface area contributed by atoms with Crippen LogP contribution in [0, 0.1) is 11.2 Å². The van der Waals surface area contributed by atoms with Crippen LogP contribution in [0.4, 0.5) is 29.1 Å². The molecule has 3 N–H and O–H groups in total. The lowest BCUT2D eigenvalue weighted by Gasteiger charge is -2.29. The van der Waals surface area contributed by atoms with E-state index in [1.807, 2.05) is 20.8 Å². The lowest BCUT2D eigenvalue weighted by molar-refractivity contribution is -0.137. The summed E-state index contributed by atoms with van der Waals surface area (Å²) < 4.78 is 54.1. The zero-order chi connectivity index (χ0) is 23.7. The third kappa shape index (κ3) is 5.49. The fourth-order valence-electron chi connectivity index (χ4n) is 4.03. The monoisotopic (exact) mass is 452 g/mol. The minimum atomic E-state index is -4.41. The van der Waals surface area contributed by atoms with Crippen molar-refractivity contribution in [3.05, 3.63) is 53.5 Å². The van der Waals surface area contributed by atoms with Crippen molar-refractivity contribution in [2.75, 3.05) is 16.8 Å². The van der Waals surface area contributed by atoms with E-state index in [1.54, 1.807) is 4.90 Å². The molecule has 2 aromatic rings. The number of carbonyl (C=O) groups is 1. The van der Waals surface area contributed by atoms with Gasteiger partial charge in [-0.25, -0.2) is 9.37 Å². The van der Waals surface area contributed by atoms with Crippen LogP contribution in [0.25, 0.3) is 0 Å². The molecule has 0 radical (unpaired) electrons. The molecule has 32 heavy (non-hydrogen) atoms. The average molecular weight is 452 g/mol. The van der Waals surface area contributed by atoms with Gasteiger partial charge in [0.05, 0.1) is 17.3 Å². The van der Waals surface area contributed by atoms with Gasteiger partial charge in [0.25, 0.3) is 0 Å². The SMILES string of the molecule is CC(C)(C)CC(Nc1ccnc(N2CCCC2c2ccc(C(F)(F)F)cc2)c1F)C(N)=O. The first-order valence-corrected chi connectivity index (χ1v) is 10.5. The minimum Gasteiger partial charge on any atom is -0.371 e. The molecular formula is C23H28F4N4O. The molecule has 2 atom stereocenters. The molecule has 0 bridgehead atoms. The Morgan fingerprint density at radius 1 is 1.22 bits per heavy atom. The molecule has 2 heterocycles. The van der Waals surface area contributed by atoms with E-state index in [0.29, 0.717) is 24.9 Å².